The van der Waals surface area contributed by atoms with Crippen LogP contribution in [0, 0.1) is 13.8 Å². The summed E-state index contributed by atoms with van der Waals surface area (Å²) < 4.78 is 38.4. The summed E-state index contributed by atoms with van der Waals surface area (Å²) in [5, 5.41) is 0. The number of amides is 1. The molecule has 37 heavy (non-hydrogen) atoms. The maximum atomic E-state index is 13.1. The number of sulfonamides is 1. The van der Waals surface area contributed by atoms with Gasteiger partial charge in [0.2, 0.25) is 15.9 Å². The second-order valence-electron chi connectivity index (χ2n) is 10.6. The van der Waals surface area contributed by atoms with Gasteiger partial charge in [0, 0.05) is 45.8 Å². The van der Waals surface area contributed by atoms with Crippen LogP contribution in [0.4, 0.5) is 0 Å². The first-order chi connectivity index (χ1) is 17.5. The van der Waals surface area contributed by atoms with E-state index in [1.54, 1.807) is 33.1 Å². The average Bonchev–Trinajstić information content (AvgIpc) is 3.09. The highest BCUT2D eigenvalue weighted by atomic mass is 32.2. The zero-order valence-corrected chi connectivity index (χ0v) is 24.3. The number of aryl methyl sites for hydroxylation is 2. The summed E-state index contributed by atoms with van der Waals surface area (Å²) in [5.41, 5.74) is 1.28. The number of ether oxygens (including phenoxy) is 2. The molecular weight excluding hydrogens is 492 g/mol. The van der Waals surface area contributed by atoms with E-state index < -0.39 is 10.0 Å². The minimum Gasteiger partial charge on any atom is -0.497 e. The maximum Gasteiger partial charge on any atom is 0.248 e. The second kappa shape index (κ2) is 13.4. The predicted molar refractivity (Wildman–Crippen MR) is 146 cm³/mol. The molecule has 9 nitrogen and oxygen atoms in total. The summed E-state index contributed by atoms with van der Waals surface area (Å²) in [6, 6.07) is 4.31. The second-order valence-corrected chi connectivity index (χ2v) is 12.6. The SMILES string of the molecule is COc1cc(C)c(S(=O)(=O)N(C)CCOCC(=O)N(C)C2CCC(N3CCCN(C)CC3)CC2)c(C)c1. The van der Waals surface area contributed by atoms with Gasteiger partial charge in [0.25, 0.3) is 0 Å². The highest BCUT2D eigenvalue weighted by Crippen LogP contribution is 2.28. The van der Waals surface area contributed by atoms with Crippen LogP contribution in [0.25, 0.3) is 0 Å². The van der Waals surface area contributed by atoms with E-state index in [9.17, 15) is 13.2 Å². The van der Waals surface area contributed by atoms with Gasteiger partial charge in [0.1, 0.15) is 12.4 Å². The van der Waals surface area contributed by atoms with Crippen molar-refractivity contribution in [3.8, 4) is 5.75 Å². The number of hydrogen-bond acceptors (Lipinski definition) is 7. The number of methoxy groups -OCH3 is 1. The molecule has 0 radical (unpaired) electrons. The van der Waals surface area contributed by atoms with Gasteiger partial charge in [-0.3, -0.25) is 9.69 Å². The first-order valence-corrected chi connectivity index (χ1v) is 14.9. The summed E-state index contributed by atoms with van der Waals surface area (Å²) in [7, 11) is 3.48. The predicted octanol–water partition coefficient (Wildman–Crippen LogP) is 2.36. The fraction of sp³-hybridized carbons (Fsp3) is 0.741. The van der Waals surface area contributed by atoms with E-state index in [4.69, 9.17) is 9.47 Å². The third kappa shape index (κ3) is 7.66. The van der Waals surface area contributed by atoms with Crippen molar-refractivity contribution in [3.63, 3.8) is 0 Å². The van der Waals surface area contributed by atoms with E-state index >= 15 is 0 Å². The average molecular weight is 539 g/mol. The zero-order chi connectivity index (χ0) is 27.2. The van der Waals surface area contributed by atoms with Gasteiger partial charge in [-0.15, -0.1) is 0 Å². The molecule has 3 rings (SSSR count). The maximum absolute atomic E-state index is 13.1. The molecule has 1 saturated heterocycles. The van der Waals surface area contributed by atoms with Crippen LogP contribution in [0.15, 0.2) is 17.0 Å². The van der Waals surface area contributed by atoms with Crippen LogP contribution in [-0.4, -0.2) is 120 Å². The lowest BCUT2D eigenvalue weighted by molar-refractivity contribution is -0.137. The van der Waals surface area contributed by atoms with Crippen molar-refractivity contribution in [3.05, 3.63) is 23.3 Å². The number of carbonyl (C=O) groups is 1. The number of hydrogen-bond donors (Lipinski definition) is 0. The Morgan fingerprint density at radius 1 is 1.03 bits per heavy atom. The zero-order valence-electron chi connectivity index (χ0n) is 23.5. The van der Waals surface area contributed by atoms with Crippen LogP contribution in [0.5, 0.6) is 5.75 Å². The van der Waals surface area contributed by atoms with Gasteiger partial charge in [-0.05, 0) is 89.3 Å². The Kier molecular flexibility index (Phi) is 10.8. The number of nitrogens with zero attached hydrogens (tertiary/aromatic N) is 4. The number of likely N-dealkylation sites (N-methyl/N-ethyl adjacent to an activating group) is 3. The molecule has 2 aliphatic rings. The molecule has 1 aromatic carbocycles. The van der Waals surface area contributed by atoms with Crippen molar-refractivity contribution in [2.24, 2.45) is 0 Å². The monoisotopic (exact) mass is 538 g/mol. The first kappa shape index (κ1) is 29.8. The topological polar surface area (TPSA) is 82.6 Å². The normalized spacial score (nSPS) is 22.1. The van der Waals surface area contributed by atoms with Crippen LogP contribution < -0.4 is 4.74 Å². The highest BCUT2D eigenvalue weighted by molar-refractivity contribution is 7.89. The largest absolute Gasteiger partial charge is 0.497 e. The molecule has 2 fully saturated rings. The van der Waals surface area contributed by atoms with Gasteiger partial charge in [0.15, 0.2) is 0 Å². The van der Waals surface area contributed by atoms with E-state index in [0.29, 0.717) is 22.9 Å². The standard InChI is InChI=1S/C27H46N4O5S/c1-21-18-25(35-6)19-22(2)27(21)37(33,34)29(4)16-17-36-20-26(32)30(5)23-8-10-24(11-9-23)31-13-7-12-28(3)14-15-31/h18-19,23-24H,7-17,20H2,1-6H3. The molecule has 0 bridgehead atoms. The lowest BCUT2D eigenvalue weighted by Crippen LogP contribution is -2.46. The Morgan fingerprint density at radius 2 is 1.68 bits per heavy atom. The van der Waals surface area contributed by atoms with Crippen molar-refractivity contribution < 1.29 is 22.7 Å². The van der Waals surface area contributed by atoms with E-state index in [-0.39, 0.29) is 36.6 Å². The Bertz CT molecular complexity index is 987. The summed E-state index contributed by atoms with van der Waals surface area (Å²) in [6.45, 7) is 8.42. The quantitative estimate of drug-likeness (QED) is 0.423. The molecule has 1 aliphatic carbocycles. The van der Waals surface area contributed by atoms with E-state index in [1.165, 1.54) is 30.9 Å². The van der Waals surface area contributed by atoms with E-state index in [1.807, 2.05) is 11.9 Å². The van der Waals surface area contributed by atoms with Gasteiger partial charge < -0.3 is 19.3 Å². The van der Waals surface area contributed by atoms with Gasteiger partial charge >= 0.3 is 0 Å². The minimum absolute atomic E-state index is 0.0383. The van der Waals surface area contributed by atoms with Crippen molar-refractivity contribution in [1.82, 2.24) is 19.0 Å². The fourth-order valence-corrected chi connectivity index (χ4v) is 7.17. The van der Waals surface area contributed by atoms with Crippen LogP contribution in [0.3, 0.4) is 0 Å². The molecule has 1 amide bonds. The third-order valence-corrected chi connectivity index (χ3v) is 10.2. The molecule has 1 saturated carbocycles. The first-order valence-electron chi connectivity index (χ1n) is 13.4. The Balaban J connectivity index is 1.42. The molecule has 1 heterocycles. The van der Waals surface area contributed by atoms with Crippen LogP contribution in [0.2, 0.25) is 0 Å². The summed E-state index contributed by atoms with van der Waals surface area (Å²) in [4.78, 5) is 19.9. The summed E-state index contributed by atoms with van der Waals surface area (Å²) in [6.07, 6.45) is 5.50. The Labute approximate surface area is 223 Å². The molecule has 0 spiro atoms. The van der Waals surface area contributed by atoms with Gasteiger partial charge in [-0.2, -0.15) is 4.31 Å². The van der Waals surface area contributed by atoms with Crippen LogP contribution >= 0.6 is 0 Å². The summed E-state index contributed by atoms with van der Waals surface area (Å²) >= 11 is 0. The Hall–Kier alpha value is -1.72. The molecule has 1 aromatic rings. The van der Waals surface area contributed by atoms with Gasteiger partial charge in [0.05, 0.1) is 18.6 Å². The lowest BCUT2D eigenvalue weighted by Gasteiger charge is -2.39. The van der Waals surface area contributed by atoms with E-state index in [0.717, 1.165) is 38.8 Å². The highest BCUT2D eigenvalue weighted by Gasteiger charge is 2.30. The number of carbonyl (C=O) groups excluding carboxylic acids is 1. The molecule has 0 aromatic heterocycles. The molecule has 0 atom stereocenters. The van der Waals surface area contributed by atoms with Crippen molar-refractivity contribution in [1.29, 1.82) is 0 Å². The lowest BCUT2D eigenvalue weighted by atomic mass is 9.89. The van der Waals surface area contributed by atoms with Crippen molar-refractivity contribution in [2.45, 2.75) is 62.9 Å². The molecule has 0 N–H and O–H groups in total. The van der Waals surface area contributed by atoms with E-state index in [2.05, 4.69) is 16.8 Å². The number of rotatable bonds is 10. The smallest absolute Gasteiger partial charge is 0.248 e. The van der Waals surface area contributed by atoms with Gasteiger partial charge in [-0.25, -0.2) is 8.42 Å². The molecule has 0 unspecified atom stereocenters. The van der Waals surface area contributed by atoms with Crippen molar-refractivity contribution in [2.75, 3.05) is 74.2 Å². The van der Waals surface area contributed by atoms with Crippen molar-refractivity contribution >= 4 is 15.9 Å². The molecular formula is C27H46N4O5S. The third-order valence-electron chi connectivity index (χ3n) is 7.99. The molecule has 10 heteroatoms. The van der Waals surface area contributed by atoms with Crippen LogP contribution in [-0.2, 0) is 19.6 Å². The summed E-state index contributed by atoms with van der Waals surface area (Å²) in [5.74, 6) is 0.582. The minimum atomic E-state index is -3.68. The van der Waals surface area contributed by atoms with Gasteiger partial charge in [-0.1, -0.05) is 0 Å². The number of benzene rings is 1. The van der Waals surface area contributed by atoms with Crippen LogP contribution in [0.1, 0.15) is 43.2 Å². The molecule has 210 valence electrons. The Morgan fingerprint density at radius 3 is 2.30 bits per heavy atom. The fourth-order valence-electron chi connectivity index (χ4n) is 5.61. The molecule has 1 aliphatic heterocycles.